The molecule has 0 aliphatic carbocycles. The van der Waals surface area contributed by atoms with Gasteiger partial charge in [-0.15, -0.1) is 0 Å². The number of imidazole rings is 2. The standard InChI is InChI=1S/C19H15N7/c1-10-3-5-13(20-8-10)14-6-4-12(9-21-14)17-24-16-7-15-18(23-11(2)22-15)26-19(16)25-17/h3-9H,1-2H3,(H2,22,23,24,25,26). The summed E-state index contributed by atoms with van der Waals surface area (Å²) in [5.74, 6) is 1.57. The lowest BCUT2D eigenvalue weighted by atomic mass is 10.2. The lowest BCUT2D eigenvalue weighted by Gasteiger charge is -2.01. The van der Waals surface area contributed by atoms with Gasteiger partial charge in [0.15, 0.2) is 11.3 Å². The van der Waals surface area contributed by atoms with E-state index in [0.717, 1.165) is 56.5 Å². The van der Waals surface area contributed by atoms with Gasteiger partial charge in [-0.1, -0.05) is 6.07 Å². The third-order valence-electron chi connectivity index (χ3n) is 4.25. The number of nitrogens with one attached hydrogen (secondary N) is 2. The first-order chi connectivity index (χ1) is 12.7. The van der Waals surface area contributed by atoms with Crippen LogP contribution in [0.3, 0.4) is 0 Å². The zero-order valence-electron chi connectivity index (χ0n) is 14.3. The molecule has 5 aromatic heterocycles. The van der Waals surface area contributed by atoms with E-state index in [9.17, 15) is 0 Å². The first-order valence-corrected chi connectivity index (χ1v) is 8.28. The fraction of sp³-hybridized carbons (Fsp3) is 0.105. The zero-order valence-corrected chi connectivity index (χ0v) is 14.3. The van der Waals surface area contributed by atoms with Gasteiger partial charge in [0, 0.05) is 18.0 Å². The summed E-state index contributed by atoms with van der Waals surface area (Å²) >= 11 is 0. The van der Waals surface area contributed by atoms with E-state index < -0.39 is 0 Å². The molecule has 0 saturated carbocycles. The number of hydrogen-bond acceptors (Lipinski definition) is 5. The number of fused-ring (bicyclic) bond motifs is 2. The molecule has 0 aliphatic heterocycles. The van der Waals surface area contributed by atoms with Crippen molar-refractivity contribution in [3.05, 3.63) is 54.1 Å². The highest BCUT2D eigenvalue weighted by Crippen LogP contribution is 2.23. The topological polar surface area (TPSA) is 96.0 Å². The van der Waals surface area contributed by atoms with Gasteiger partial charge in [-0.2, -0.15) is 0 Å². The van der Waals surface area contributed by atoms with Crippen LogP contribution in [0.1, 0.15) is 11.4 Å². The Kier molecular flexibility index (Phi) is 3.08. The summed E-state index contributed by atoms with van der Waals surface area (Å²) in [7, 11) is 0. The van der Waals surface area contributed by atoms with Crippen LogP contribution in [0.25, 0.3) is 45.1 Å². The second kappa shape index (κ2) is 5.45. The van der Waals surface area contributed by atoms with Gasteiger partial charge in [-0.05, 0) is 43.7 Å². The van der Waals surface area contributed by atoms with Crippen LogP contribution in [0.2, 0.25) is 0 Å². The molecule has 0 aliphatic rings. The quantitative estimate of drug-likeness (QED) is 0.512. The molecule has 0 fully saturated rings. The Labute approximate surface area is 148 Å². The Hall–Kier alpha value is -3.61. The molecule has 7 heteroatoms. The fourth-order valence-corrected chi connectivity index (χ4v) is 2.93. The van der Waals surface area contributed by atoms with Crippen LogP contribution in [0, 0.1) is 13.8 Å². The predicted molar refractivity (Wildman–Crippen MR) is 99.5 cm³/mol. The van der Waals surface area contributed by atoms with Gasteiger partial charge in [0.1, 0.15) is 22.7 Å². The summed E-state index contributed by atoms with van der Waals surface area (Å²) in [4.78, 5) is 28.9. The van der Waals surface area contributed by atoms with Crippen molar-refractivity contribution in [3.8, 4) is 22.8 Å². The number of aromatic nitrogens is 7. The van der Waals surface area contributed by atoms with Crippen LogP contribution < -0.4 is 0 Å². The number of rotatable bonds is 2. The summed E-state index contributed by atoms with van der Waals surface area (Å²) in [6, 6.07) is 9.86. The van der Waals surface area contributed by atoms with Gasteiger partial charge < -0.3 is 9.97 Å². The van der Waals surface area contributed by atoms with E-state index in [-0.39, 0.29) is 0 Å². The Morgan fingerprint density at radius 2 is 1.46 bits per heavy atom. The van der Waals surface area contributed by atoms with Gasteiger partial charge in [-0.3, -0.25) is 9.97 Å². The lowest BCUT2D eigenvalue weighted by molar-refractivity contribution is 1.16. The first-order valence-electron chi connectivity index (χ1n) is 8.28. The third kappa shape index (κ3) is 2.41. The van der Waals surface area contributed by atoms with Gasteiger partial charge >= 0.3 is 0 Å². The molecular formula is C19H15N7. The summed E-state index contributed by atoms with van der Waals surface area (Å²) in [5.41, 5.74) is 6.77. The summed E-state index contributed by atoms with van der Waals surface area (Å²) in [6.07, 6.45) is 3.64. The molecule has 5 rings (SSSR count). The molecule has 0 atom stereocenters. The van der Waals surface area contributed by atoms with Gasteiger partial charge in [-0.25, -0.2) is 15.0 Å². The van der Waals surface area contributed by atoms with Gasteiger partial charge in [0.2, 0.25) is 0 Å². The van der Waals surface area contributed by atoms with E-state index in [4.69, 9.17) is 0 Å². The van der Waals surface area contributed by atoms with E-state index in [1.807, 2.05) is 50.4 Å². The average Bonchev–Trinajstić information content (AvgIpc) is 3.21. The Balaban J connectivity index is 1.53. The van der Waals surface area contributed by atoms with Crippen LogP contribution in [-0.4, -0.2) is 34.9 Å². The maximum atomic E-state index is 4.63. The highest BCUT2D eigenvalue weighted by Gasteiger charge is 2.11. The second-order valence-corrected chi connectivity index (χ2v) is 6.28. The van der Waals surface area contributed by atoms with Crippen molar-refractivity contribution in [2.45, 2.75) is 13.8 Å². The highest BCUT2D eigenvalue weighted by atomic mass is 15.0. The van der Waals surface area contributed by atoms with E-state index in [1.165, 1.54) is 0 Å². The summed E-state index contributed by atoms with van der Waals surface area (Å²) in [6.45, 7) is 3.92. The van der Waals surface area contributed by atoms with Crippen molar-refractivity contribution in [2.24, 2.45) is 0 Å². The van der Waals surface area contributed by atoms with Crippen LogP contribution in [0.4, 0.5) is 0 Å². The summed E-state index contributed by atoms with van der Waals surface area (Å²) in [5, 5.41) is 0. The largest absolute Gasteiger partial charge is 0.327 e. The molecule has 26 heavy (non-hydrogen) atoms. The molecule has 0 spiro atoms. The molecule has 0 unspecified atom stereocenters. The molecule has 0 saturated heterocycles. The maximum Gasteiger partial charge on any atom is 0.160 e. The SMILES string of the molecule is Cc1ccc(-c2ccc(-c3nc4cc5nc(C)[nH]c5nc4[nH]3)cn2)nc1. The molecular weight excluding hydrogens is 326 g/mol. The molecule has 5 aromatic rings. The van der Waals surface area contributed by atoms with Crippen molar-refractivity contribution < 1.29 is 0 Å². The first kappa shape index (κ1) is 14.7. The van der Waals surface area contributed by atoms with Crippen molar-refractivity contribution in [1.29, 1.82) is 0 Å². The average molecular weight is 341 g/mol. The van der Waals surface area contributed by atoms with Crippen LogP contribution >= 0.6 is 0 Å². The van der Waals surface area contributed by atoms with E-state index >= 15 is 0 Å². The highest BCUT2D eigenvalue weighted by molar-refractivity contribution is 5.87. The van der Waals surface area contributed by atoms with Crippen LogP contribution in [0.5, 0.6) is 0 Å². The number of pyridine rings is 3. The molecule has 126 valence electrons. The van der Waals surface area contributed by atoms with Gasteiger partial charge in [0.05, 0.1) is 11.4 Å². The van der Waals surface area contributed by atoms with Gasteiger partial charge in [0.25, 0.3) is 0 Å². The van der Waals surface area contributed by atoms with E-state index in [0.29, 0.717) is 0 Å². The van der Waals surface area contributed by atoms with Crippen molar-refractivity contribution in [3.63, 3.8) is 0 Å². The third-order valence-corrected chi connectivity index (χ3v) is 4.25. The number of nitrogens with zero attached hydrogens (tertiary/aromatic N) is 5. The number of aryl methyl sites for hydroxylation is 2. The number of aromatic amines is 2. The normalized spacial score (nSPS) is 11.5. The van der Waals surface area contributed by atoms with Crippen LogP contribution in [-0.2, 0) is 0 Å². The Bertz CT molecular complexity index is 1180. The minimum atomic E-state index is 0.723. The molecule has 0 amide bonds. The molecule has 0 bridgehead atoms. The molecule has 0 aromatic carbocycles. The summed E-state index contributed by atoms with van der Waals surface area (Å²) < 4.78 is 0. The smallest absolute Gasteiger partial charge is 0.160 e. The Morgan fingerprint density at radius 1 is 0.731 bits per heavy atom. The minimum absolute atomic E-state index is 0.723. The maximum absolute atomic E-state index is 4.63. The molecule has 5 heterocycles. The number of H-pyrrole nitrogens is 2. The molecule has 0 radical (unpaired) electrons. The predicted octanol–water partition coefficient (Wildman–Crippen LogP) is 3.58. The van der Waals surface area contributed by atoms with Crippen molar-refractivity contribution in [2.75, 3.05) is 0 Å². The Morgan fingerprint density at radius 3 is 2.19 bits per heavy atom. The minimum Gasteiger partial charge on any atom is -0.327 e. The van der Waals surface area contributed by atoms with E-state index in [2.05, 4.69) is 34.9 Å². The fourth-order valence-electron chi connectivity index (χ4n) is 2.93. The monoisotopic (exact) mass is 341 g/mol. The van der Waals surface area contributed by atoms with Crippen molar-refractivity contribution in [1.82, 2.24) is 34.9 Å². The lowest BCUT2D eigenvalue weighted by Crippen LogP contribution is -1.89. The number of hydrogen-bond donors (Lipinski definition) is 2. The molecule has 7 nitrogen and oxygen atoms in total. The zero-order chi connectivity index (χ0) is 17.7. The van der Waals surface area contributed by atoms with Crippen LogP contribution in [0.15, 0.2) is 42.7 Å². The van der Waals surface area contributed by atoms with Crippen molar-refractivity contribution >= 4 is 22.3 Å². The second-order valence-electron chi connectivity index (χ2n) is 6.28. The van der Waals surface area contributed by atoms with E-state index in [1.54, 1.807) is 6.20 Å². The molecule has 2 N–H and O–H groups in total.